The van der Waals surface area contributed by atoms with Crippen LogP contribution >= 0.6 is 0 Å². The van der Waals surface area contributed by atoms with Gasteiger partial charge in [0.15, 0.2) is 0 Å². The Bertz CT molecular complexity index is 482. The van der Waals surface area contributed by atoms with Crippen LogP contribution in [0.5, 0.6) is 0 Å². The van der Waals surface area contributed by atoms with E-state index in [0.717, 1.165) is 5.69 Å². The Balaban J connectivity index is 1.99. The Kier molecular flexibility index (Phi) is 3.77. The molecule has 112 valence electrons. The number of ether oxygens (including phenoxy) is 1. The SMILES string of the molecule is Cn1cncc1C1(N)CCN(C(=O)OC(C)(C)C)CC1. The Labute approximate surface area is 119 Å². The second-order valence-electron chi connectivity index (χ2n) is 6.51. The van der Waals surface area contributed by atoms with E-state index in [4.69, 9.17) is 10.5 Å². The standard InChI is InChI=1S/C14H24N4O2/c1-13(2,3)20-12(19)18-7-5-14(15,6-8-18)11-9-16-10-17(11)4/h9-10H,5-8,15H2,1-4H3. The zero-order chi connectivity index (χ0) is 15.0. The quantitative estimate of drug-likeness (QED) is 0.848. The predicted octanol–water partition coefficient (Wildman–Crippen LogP) is 1.60. The molecule has 2 N–H and O–H groups in total. The molecule has 0 unspecified atom stereocenters. The lowest BCUT2D eigenvalue weighted by Gasteiger charge is -2.39. The fourth-order valence-electron chi connectivity index (χ4n) is 2.51. The summed E-state index contributed by atoms with van der Waals surface area (Å²) in [5.41, 5.74) is 6.62. The second kappa shape index (κ2) is 5.09. The first-order valence-electron chi connectivity index (χ1n) is 6.95. The molecule has 1 aromatic rings. The minimum atomic E-state index is -0.462. The summed E-state index contributed by atoms with van der Waals surface area (Å²) in [6.45, 7) is 6.83. The van der Waals surface area contributed by atoms with E-state index >= 15 is 0 Å². The maximum atomic E-state index is 12.0. The highest BCUT2D eigenvalue weighted by Crippen LogP contribution is 2.30. The van der Waals surface area contributed by atoms with E-state index in [-0.39, 0.29) is 6.09 Å². The average Bonchev–Trinajstić information content (AvgIpc) is 2.74. The highest BCUT2D eigenvalue weighted by atomic mass is 16.6. The molecule has 0 bridgehead atoms. The third kappa shape index (κ3) is 3.12. The molecule has 6 nitrogen and oxygen atoms in total. The van der Waals surface area contributed by atoms with Crippen molar-refractivity contribution >= 4 is 6.09 Å². The Morgan fingerprint density at radius 1 is 1.40 bits per heavy atom. The largest absolute Gasteiger partial charge is 0.444 e. The van der Waals surface area contributed by atoms with Gasteiger partial charge in [-0.05, 0) is 33.6 Å². The molecule has 1 fully saturated rings. The lowest BCUT2D eigenvalue weighted by Crippen LogP contribution is -2.51. The number of rotatable bonds is 1. The zero-order valence-corrected chi connectivity index (χ0v) is 12.7. The molecular formula is C14H24N4O2. The lowest BCUT2D eigenvalue weighted by atomic mass is 9.86. The minimum absolute atomic E-state index is 0.260. The minimum Gasteiger partial charge on any atom is -0.444 e. The number of imidazole rings is 1. The highest BCUT2D eigenvalue weighted by Gasteiger charge is 2.37. The molecule has 1 aliphatic rings. The van der Waals surface area contributed by atoms with Crippen molar-refractivity contribution in [2.45, 2.75) is 44.8 Å². The van der Waals surface area contributed by atoms with Crippen molar-refractivity contribution in [3.05, 3.63) is 18.2 Å². The van der Waals surface area contributed by atoms with Crippen molar-refractivity contribution in [1.82, 2.24) is 14.5 Å². The molecule has 0 atom stereocenters. The summed E-state index contributed by atoms with van der Waals surface area (Å²) in [7, 11) is 1.94. The molecule has 1 saturated heterocycles. The van der Waals surface area contributed by atoms with Gasteiger partial charge in [0.1, 0.15) is 5.60 Å². The molecule has 0 aliphatic carbocycles. The Hall–Kier alpha value is -1.56. The number of carbonyl (C=O) groups is 1. The number of aryl methyl sites for hydroxylation is 1. The maximum absolute atomic E-state index is 12.0. The number of hydrogen-bond donors (Lipinski definition) is 1. The van der Waals surface area contributed by atoms with E-state index in [1.54, 1.807) is 11.2 Å². The summed E-state index contributed by atoms with van der Waals surface area (Å²) in [6, 6.07) is 0. The van der Waals surface area contributed by atoms with Crippen LogP contribution in [0.4, 0.5) is 4.79 Å². The van der Waals surface area contributed by atoms with E-state index in [1.807, 2.05) is 38.6 Å². The molecule has 0 radical (unpaired) electrons. The number of likely N-dealkylation sites (tertiary alicyclic amines) is 1. The van der Waals surface area contributed by atoms with Crippen molar-refractivity contribution in [2.75, 3.05) is 13.1 Å². The summed E-state index contributed by atoms with van der Waals surface area (Å²) in [5.74, 6) is 0. The third-order valence-corrected chi connectivity index (χ3v) is 3.63. The number of piperidine rings is 1. The van der Waals surface area contributed by atoms with E-state index in [2.05, 4.69) is 4.98 Å². The zero-order valence-electron chi connectivity index (χ0n) is 12.7. The fraction of sp³-hybridized carbons (Fsp3) is 0.714. The van der Waals surface area contributed by atoms with Gasteiger partial charge in [0.25, 0.3) is 0 Å². The van der Waals surface area contributed by atoms with Gasteiger partial charge in [-0.3, -0.25) is 0 Å². The third-order valence-electron chi connectivity index (χ3n) is 3.63. The van der Waals surface area contributed by atoms with Crippen molar-refractivity contribution < 1.29 is 9.53 Å². The molecule has 1 aromatic heterocycles. The number of carbonyl (C=O) groups excluding carboxylic acids is 1. The molecule has 2 rings (SSSR count). The number of aromatic nitrogens is 2. The molecule has 0 spiro atoms. The van der Waals surface area contributed by atoms with Gasteiger partial charge in [-0.2, -0.15) is 0 Å². The smallest absolute Gasteiger partial charge is 0.410 e. The molecular weight excluding hydrogens is 256 g/mol. The topological polar surface area (TPSA) is 73.4 Å². The van der Waals surface area contributed by atoms with Crippen LogP contribution in [0, 0.1) is 0 Å². The molecule has 2 heterocycles. The van der Waals surface area contributed by atoms with Gasteiger partial charge in [-0.25, -0.2) is 9.78 Å². The first kappa shape index (κ1) is 14.8. The predicted molar refractivity (Wildman–Crippen MR) is 76.1 cm³/mol. The van der Waals surface area contributed by atoms with E-state index in [0.29, 0.717) is 25.9 Å². The van der Waals surface area contributed by atoms with Gasteiger partial charge in [-0.15, -0.1) is 0 Å². The molecule has 6 heteroatoms. The van der Waals surface area contributed by atoms with Crippen LogP contribution in [0.15, 0.2) is 12.5 Å². The van der Waals surface area contributed by atoms with Crippen LogP contribution in [-0.2, 0) is 17.3 Å². The van der Waals surface area contributed by atoms with Crippen LogP contribution in [0.1, 0.15) is 39.3 Å². The van der Waals surface area contributed by atoms with Gasteiger partial charge < -0.3 is 19.9 Å². The van der Waals surface area contributed by atoms with Gasteiger partial charge in [0, 0.05) is 26.3 Å². The average molecular weight is 280 g/mol. The van der Waals surface area contributed by atoms with Crippen molar-refractivity contribution in [3.8, 4) is 0 Å². The van der Waals surface area contributed by atoms with Crippen LogP contribution in [0.25, 0.3) is 0 Å². The Morgan fingerprint density at radius 3 is 2.45 bits per heavy atom. The summed E-state index contributed by atoms with van der Waals surface area (Å²) in [5, 5.41) is 0. The van der Waals surface area contributed by atoms with E-state index in [1.165, 1.54) is 0 Å². The molecule has 20 heavy (non-hydrogen) atoms. The van der Waals surface area contributed by atoms with Gasteiger partial charge in [0.05, 0.1) is 17.6 Å². The highest BCUT2D eigenvalue weighted by molar-refractivity contribution is 5.68. The Morgan fingerprint density at radius 2 is 2.00 bits per heavy atom. The summed E-state index contributed by atoms with van der Waals surface area (Å²) >= 11 is 0. The van der Waals surface area contributed by atoms with Gasteiger partial charge in [0.2, 0.25) is 0 Å². The molecule has 0 saturated carbocycles. The first-order valence-corrected chi connectivity index (χ1v) is 6.95. The van der Waals surface area contributed by atoms with Gasteiger partial charge in [-0.1, -0.05) is 0 Å². The number of hydrogen-bond acceptors (Lipinski definition) is 4. The van der Waals surface area contributed by atoms with Gasteiger partial charge >= 0.3 is 6.09 Å². The maximum Gasteiger partial charge on any atom is 0.410 e. The number of nitrogens with zero attached hydrogens (tertiary/aromatic N) is 3. The number of nitrogens with two attached hydrogens (primary N) is 1. The monoisotopic (exact) mass is 280 g/mol. The van der Waals surface area contributed by atoms with Crippen LogP contribution in [0.3, 0.4) is 0 Å². The van der Waals surface area contributed by atoms with Crippen LogP contribution < -0.4 is 5.73 Å². The fourth-order valence-corrected chi connectivity index (χ4v) is 2.51. The van der Waals surface area contributed by atoms with Crippen LogP contribution in [0.2, 0.25) is 0 Å². The molecule has 0 aromatic carbocycles. The lowest BCUT2D eigenvalue weighted by molar-refractivity contribution is 0.0163. The molecule has 1 amide bonds. The summed E-state index contributed by atoms with van der Waals surface area (Å²) in [6.07, 6.45) is 4.73. The second-order valence-corrected chi connectivity index (χ2v) is 6.51. The molecule has 1 aliphatic heterocycles. The van der Waals surface area contributed by atoms with Crippen LogP contribution in [-0.4, -0.2) is 39.2 Å². The summed E-state index contributed by atoms with van der Waals surface area (Å²) in [4.78, 5) is 17.9. The van der Waals surface area contributed by atoms with E-state index in [9.17, 15) is 4.79 Å². The van der Waals surface area contributed by atoms with Crippen molar-refractivity contribution in [2.24, 2.45) is 12.8 Å². The van der Waals surface area contributed by atoms with Crippen molar-refractivity contribution in [3.63, 3.8) is 0 Å². The first-order chi connectivity index (χ1) is 9.21. The summed E-state index contributed by atoms with van der Waals surface area (Å²) < 4.78 is 7.34. The normalized spacial score (nSPS) is 18.9. The van der Waals surface area contributed by atoms with Crippen molar-refractivity contribution in [1.29, 1.82) is 0 Å². The van der Waals surface area contributed by atoms with E-state index < -0.39 is 11.1 Å². The number of amides is 1.